The van der Waals surface area contributed by atoms with Crippen LogP contribution >= 0.6 is 0 Å². The number of allylic oxidation sites excluding steroid dienone is 1. The molecule has 0 atom stereocenters. The molecule has 70 valence electrons. The molecule has 0 N–H and O–H groups in total. The normalized spacial score (nSPS) is 13.0. The lowest BCUT2D eigenvalue weighted by molar-refractivity contribution is 0.864. The lowest BCUT2D eigenvalue weighted by Gasteiger charge is -2.09. The van der Waals surface area contributed by atoms with Crippen LogP contribution in [0.15, 0.2) is 18.2 Å². The van der Waals surface area contributed by atoms with E-state index in [4.69, 9.17) is 5.26 Å². The van der Waals surface area contributed by atoms with Crippen LogP contribution in [0, 0.1) is 11.3 Å². The van der Waals surface area contributed by atoms with Crippen LogP contribution in [-0.2, 0) is 6.42 Å². The quantitative estimate of drug-likeness (QED) is 0.655. The van der Waals surface area contributed by atoms with Crippen molar-refractivity contribution in [3.63, 3.8) is 0 Å². The molecule has 0 unspecified atom stereocenters. The zero-order chi connectivity index (χ0) is 10.1. The zero-order valence-electron chi connectivity index (χ0n) is 8.54. The molecule has 0 spiro atoms. The fourth-order valence-corrected chi connectivity index (χ4v) is 1.83. The van der Waals surface area contributed by atoms with Gasteiger partial charge in [-0.1, -0.05) is 32.1 Å². The molecule has 0 fully saturated rings. The van der Waals surface area contributed by atoms with Gasteiger partial charge in [0, 0.05) is 0 Å². The van der Waals surface area contributed by atoms with Crippen molar-refractivity contribution in [1.82, 2.24) is 0 Å². The largest absolute Gasteiger partial charge is 0.192 e. The summed E-state index contributed by atoms with van der Waals surface area (Å²) in [5.41, 5.74) is 4.52. The predicted molar refractivity (Wildman–Crippen MR) is 58.0 cm³/mol. The van der Waals surface area contributed by atoms with Crippen molar-refractivity contribution < 1.29 is 0 Å². The van der Waals surface area contributed by atoms with Gasteiger partial charge in [-0.15, -0.1) is 0 Å². The molecule has 0 saturated heterocycles. The van der Waals surface area contributed by atoms with E-state index in [9.17, 15) is 0 Å². The van der Waals surface area contributed by atoms with E-state index in [1.807, 2.05) is 6.07 Å². The first-order valence-electron chi connectivity index (χ1n) is 4.96. The summed E-state index contributed by atoms with van der Waals surface area (Å²) in [6.45, 7) is 4.31. The van der Waals surface area contributed by atoms with Crippen LogP contribution in [0.5, 0.6) is 0 Å². The summed E-state index contributed by atoms with van der Waals surface area (Å²) in [7, 11) is 0. The molecule has 2 rings (SSSR count). The summed E-state index contributed by atoms with van der Waals surface area (Å²) in [5.74, 6) is 0.487. The maximum Gasteiger partial charge on any atom is 0.0994 e. The van der Waals surface area contributed by atoms with Crippen molar-refractivity contribution in [3.8, 4) is 6.07 Å². The fourth-order valence-electron chi connectivity index (χ4n) is 1.83. The maximum atomic E-state index is 9.03. The van der Waals surface area contributed by atoms with Crippen LogP contribution in [0.1, 0.15) is 42.0 Å². The smallest absolute Gasteiger partial charge is 0.0994 e. The molecule has 1 aliphatic carbocycles. The van der Waals surface area contributed by atoms with Gasteiger partial charge in [0.1, 0.15) is 0 Å². The van der Waals surface area contributed by atoms with Gasteiger partial charge < -0.3 is 0 Å². The molecule has 0 saturated carbocycles. The van der Waals surface area contributed by atoms with Crippen LogP contribution < -0.4 is 0 Å². The summed E-state index contributed by atoms with van der Waals surface area (Å²) in [4.78, 5) is 0. The number of benzene rings is 1. The van der Waals surface area contributed by atoms with E-state index in [1.54, 1.807) is 0 Å². The highest BCUT2D eigenvalue weighted by Gasteiger charge is 2.12. The van der Waals surface area contributed by atoms with Gasteiger partial charge in [-0.05, 0) is 35.1 Å². The van der Waals surface area contributed by atoms with Crippen molar-refractivity contribution in [2.24, 2.45) is 0 Å². The van der Waals surface area contributed by atoms with Crippen LogP contribution in [0.25, 0.3) is 6.08 Å². The van der Waals surface area contributed by atoms with Gasteiger partial charge in [-0.3, -0.25) is 0 Å². The number of nitriles is 1. The van der Waals surface area contributed by atoms with Crippen molar-refractivity contribution in [3.05, 3.63) is 40.5 Å². The average Bonchev–Trinajstić information content (AvgIpc) is 2.63. The minimum Gasteiger partial charge on any atom is -0.192 e. The van der Waals surface area contributed by atoms with E-state index in [2.05, 4.69) is 38.1 Å². The molecule has 1 nitrogen and oxygen atoms in total. The number of fused-ring (bicyclic) bond motifs is 1. The van der Waals surface area contributed by atoms with E-state index in [-0.39, 0.29) is 0 Å². The fraction of sp³-hybridized carbons (Fsp3) is 0.308. The minimum atomic E-state index is 0.487. The van der Waals surface area contributed by atoms with E-state index in [1.165, 1.54) is 16.7 Å². The molecule has 1 aromatic carbocycles. The summed E-state index contributed by atoms with van der Waals surface area (Å²) in [6.07, 6.45) is 5.15. The minimum absolute atomic E-state index is 0.487. The van der Waals surface area contributed by atoms with Gasteiger partial charge in [0.05, 0.1) is 11.6 Å². The molecular formula is C13H13N. The second kappa shape index (κ2) is 3.31. The molecule has 0 bridgehead atoms. The molecule has 1 heteroatoms. The number of hydrogen-bond donors (Lipinski definition) is 0. The molecule has 1 aromatic rings. The highest BCUT2D eigenvalue weighted by Crippen LogP contribution is 2.27. The van der Waals surface area contributed by atoms with Crippen molar-refractivity contribution in [2.75, 3.05) is 0 Å². The van der Waals surface area contributed by atoms with Gasteiger partial charge in [0.25, 0.3) is 0 Å². The molecule has 14 heavy (non-hydrogen) atoms. The van der Waals surface area contributed by atoms with E-state index in [0.29, 0.717) is 5.92 Å². The summed E-state index contributed by atoms with van der Waals surface area (Å²) < 4.78 is 0. The number of nitrogens with zero attached hydrogens (tertiary/aromatic N) is 1. The second-order valence-corrected chi connectivity index (χ2v) is 4.01. The number of hydrogen-bond acceptors (Lipinski definition) is 1. The Morgan fingerprint density at radius 1 is 1.36 bits per heavy atom. The molecular weight excluding hydrogens is 170 g/mol. The first kappa shape index (κ1) is 9.02. The number of rotatable bonds is 1. The molecule has 0 amide bonds. The third-order valence-electron chi connectivity index (χ3n) is 2.71. The lowest BCUT2D eigenvalue weighted by Crippen LogP contribution is -1.94. The van der Waals surface area contributed by atoms with E-state index in [0.717, 1.165) is 12.0 Å². The molecule has 0 aromatic heterocycles. The topological polar surface area (TPSA) is 23.8 Å². The Morgan fingerprint density at radius 2 is 2.14 bits per heavy atom. The first-order chi connectivity index (χ1) is 6.72. The standard InChI is InChI=1S/C13H13N/c1-9(2)11-6-10-4-3-5-13(10)12(7-11)8-14/h3-4,6-7,9H,5H2,1-2H3. The third-order valence-corrected chi connectivity index (χ3v) is 2.71. The SMILES string of the molecule is CC(C)c1cc(C#N)c2c(c1)C=CC2. The molecule has 0 heterocycles. The third kappa shape index (κ3) is 1.33. The van der Waals surface area contributed by atoms with Gasteiger partial charge in [0.15, 0.2) is 0 Å². The predicted octanol–water partition coefficient (Wildman–Crippen LogP) is 3.25. The summed E-state index contributed by atoms with van der Waals surface area (Å²) in [5, 5.41) is 9.03. The van der Waals surface area contributed by atoms with Crippen LogP contribution in [0.3, 0.4) is 0 Å². The van der Waals surface area contributed by atoms with Crippen LogP contribution in [-0.4, -0.2) is 0 Å². The van der Waals surface area contributed by atoms with Gasteiger partial charge in [-0.25, -0.2) is 0 Å². The Labute approximate surface area is 84.7 Å². The Balaban J connectivity index is 2.60. The monoisotopic (exact) mass is 183 g/mol. The molecule has 0 aliphatic heterocycles. The average molecular weight is 183 g/mol. The van der Waals surface area contributed by atoms with Crippen LogP contribution in [0.2, 0.25) is 0 Å². The molecule has 1 aliphatic rings. The lowest BCUT2D eigenvalue weighted by atomic mass is 9.94. The Bertz CT molecular complexity index is 433. The zero-order valence-corrected chi connectivity index (χ0v) is 8.54. The summed E-state index contributed by atoms with van der Waals surface area (Å²) in [6, 6.07) is 6.51. The Morgan fingerprint density at radius 3 is 2.79 bits per heavy atom. The van der Waals surface area contributed by atoms with Gasteiger partial charge in [0.2, 0.25) is 0 Å². The maximum absolute atomic E-state index is 9.03. The molecule has 0 radical (unpaired) electrons. The second-order valence-electron chi connectivity index (χ2n) is 4.01. The highest BCUT2D eigenvalue weighted by molar-refractivity contribution is 5.65. The van der Waals surface area contributed by atoms with Crippen LogP contribution in [0.4, 0.5) is 0 Å². The Kier molecular flexibility index (Phi) is 2.13. The summed E-state index contributed by atoms with van der Waals surface area (Å²) >= 11 is 0. The first-order valence-corrected chi connectivity index (χ1v) is 4.96. The van der Waals surface area contributed by atoms with E-state index < -0.39 is 0 Å². The van der Waals surface area contributed by atoms with E-state index >= 15 is 0 Å². The van der Waals surface area contributed by atoms with Gasteiger partial charge >= 0.3 is 0 Å². The van der Waals surface area contributed by atoms with Crippen molar-refractivity contribution in [2.45, 2.75) is 26.2 Å². The highest BCUT2D eigenvalue weighted by atomic mass is 14.3. The Hall–Kier alpha value is -1.55. The van der Waals surface area contributed by atoms with Crippen molar-refractivity contribution in [1.29, 1.82) is 5.26 Å². The van der Waals surface area contributed by atoms with Gasteiger partial charge in [-0.2, -0.15) is 5.26 Å². The van der Waals surface area contributed by atoms with Crippen molar-refractivity contribution >= 4 is 6.08 Å².